The van der Waals surface area contributed by atoms with Gasteiger partial charge in [0.15, 0.2) is 0 Å². The molecule has 2 aromatic rings. The van der Waals surface area contributed by atoms with Crippen molar-refractivity contribution >= 4 is 22.8 Å². The molecule has 6 nitrogen and oxygen atoms in total. The second-order valence-corrected chi connectivity index (χ2v) is 5.03. The highest BCUT2D eigenvalue weighted by molar-refractivity contribution is 5.99. The molecule has 0 atom stereocenters. The number of hydrogen-bond donors (Lipinski definition) is 1. The van der Waals surface area contributed by atoms with E-state index in [4.69, 9.17) is 0 Å². The second-order valence-electron chi connectivity index (χ2n) is 5.03. The first-order valence-electron chi connectivity index (χ1n) is 6.61. The summed E-state index contributed by atoms with van der Waals surface area (Å²) in [6.07, 6.45) is 2.41. The van der Waals surface area contributed by atoms with E-state index in [0.717, 1.165) is 17.5 Å². The molecular weight excluding hydrogens is 256 g/mol. The van der Waals surface area contributed by atoms with Crippen LogP contribution in [0.25, 0.3) is 11.0 Å². The number of carbonyl (C=O) groups is 2. The highest BCUT2D eigenvalue weighted by Crippen LogP contribution is 2.14. The molecule has 2 heterocycles. The van der Waals surface area contributed by atoms with Crippen molar-refractivity contribution < 1.29 is 9.59 Å². The lowest BCUT2D eigenvalue weighted by atomic mass is 10.1. The van der Waals surface area contributed by atoms with Gasteiger partial charge in [0.25, 0.3) is 5.91 Å². The molecule has 1 aromatic heterocycles. The Morgan fingerprint density at radius 3 is 3.05 bits per heavy atom. The van der Waals surface area contributed by atoms with Crippen molar-refractivity contribution in [1.82, 2.24) is 19.8 Å². The molecule has 1 N–H and O–H groups in total. The van der Waals surface area contributed by atoms with Gasteiger partial charge in [0.2, 0.25) is 5.91 Å². The Hall–Kier alpha value is -2.37. The van der Waals surface area contributed by atoms with Gasteiger partial charge in [-0.3, -0.25) is 9.59 Å². The fourth-order valence-electron chi connectivity index (χ4n) is 2.41. The normalized spacial score (nSPS) is 16.6. The number of aromatic amines is 1. The molecule has 0 saturated carbocycles. The predicted molar refractivity (Wildman–Crippen MR) is 74.3 cm³/mol. The third-order valence-electron chi connectivity index (χ3n) is 3.63. The number of carbonyl (C=O) groups excluding carboxylic acids is 2. The first kappa shape index (κ1) is 12.7. The molecule has 1 saturated heterocycles. The number of amides is 2. The van der Waals surface area contributed by atoms with Gasteiger partial charge in [-0.05, 0) is 24.6 Å². The van der Waals surface area contributed by atoms with Crippen molar-refractivity contribution in [3.63, 3.8) is 0 Å². The lowest BCUT2D eigenvalue weighted by Gasteiger charge is -2.19. The summed E-state index contributed by atoms with van der Waals surface area (Å²) in [5.74, 6) is -0.122. The molecule has 0 unspecified atom stereocenters. The molecule has 1 aliphatic rings. The molecule has 2 amide bonds. The fourth-order valence-corrected chi connectivity index (χ4v) is 2.41. The van der Waals surface area contributed by atoms with Gasteiger partial charge in [0.05, 0.1) is 17.4 Å². The van der Waals surface area contributed by atoms with Crippen molar-refractivity contribution in [2.75, 3.05) is 26.7 Å². The van der Waals surface area contributed by atoms with Gasteiger partial charge in [0.1, 0.15) is 6.54 Å². The molecule has 20 heavy (non-hydrogen) atoms. The van der Waals surface area contributed by atoms with Crippen molar-refractivity contribution in [1.29, 1.82) is 0 Å². The number of H-pyrrole nitrogens is 1. The van der Waals surface area contributed by atoms with Crippen molar-refractivity contribution in [2.45, 2.75) is 6.42 Å². The average Bonchev–Trinajstić information content (AvgIpc) is 2.85. The summed E-state index contributed by atoms with van der Waals surface area (Å²) in [4.78, 5) is 34.7. The van der Waals surface area contributed by atoms with E-state index in [0.29, 0.717) is 18.7 Å². The van der Waals surface area contributed by atoms with Gasteiger partial charge < -0.3 is 14.8 Å². The molecule has 1 aliphatic heterocycles. The zero-order valence-electron chi connectivity index (χ0n) is 11.3. The van der Waals surface area contributed by atoms with Crippen LogP contribution >= 0.6 is 0 Å². The van der Waals surface area contributed by atoms with E-state index in [-0.39, 0.29) is 18.4 Å². The highest BCUT2D eigenvalue weighted by Gasteiger charge is 2.23. The molecule has 0 bridgehead atoms. The molecule has 0 aliphatic carbocycles. The van der Waals surface area contributed by atoms with Crippen LogP contribution in [0.15, 0.2) is 24.5 Å². The number of hydrogen-bond acceptors (Lipinski definition) is 3. The molecule has 6 heteroatoms. The maximum atomic E-state index is 12.5. The minimum atomic E-state index is -0.106. The molecule has 1 aromatic carbocycles. The lowest BCUT2D eigenvalue weighted by molar-refractivity contribution is -0.129. The molecular formula is C14H16N4O2. The smallest absolute Gasteiger partial charge is 0.254 e. The van der Waals surface area contributed by atoms with Crippen LogP contribution in [-0.4, -0.2) is 58.3 Å². The summed E-state index contributed by atoms with van der Waals surface area (Å²) in [6.45, 7) is 1.45. The summed E-state index contributed by atoms with van der Waals surface area (Å²) in [7, 11) is 1.77. The Bertz CT molecular complexity index is 664. The standard InChI is InChI=1S/C14H16N4O2/c1-17-5-2-6-18(8-13(17)19)14(20)10-3-4-11-12(7-10)16-9-15-11/h3-4,7,9H,2,5-6,8H2,1H3,(H,15,16). The zero-order chi connectivity index (χ0) is 14.1. The van der Waals surface area contributed by atoms with Gasteiger partial charge in [-0.2, -0.15) is 0 Å². The summed E-state index contributed by atoms with van der Waals surface area (Å²) < 4.78 is 0. The predicted octanol–water partition coefficient (Wildman–Crippen LogP) is 0.867. The van der Waals surface area contributed by atoms with Crippen molar-refractivity contribution in [3.05, 3.63) is 30.1 Å². The van der Waals surface area contributed by atoms with Crippen LogP contribution in [-0.2, 0) is 4.79 Å². The Kier molecular flexibility index (Phi) is 3.14. The Labute approximate surface area is 116 Å². The number of nitrogens with one attached hydrogen (secondary N) is 1. The van der Waals surface area contributed by atoms with Gasteiger partial charge >= 0.3 is 0 Å². The van der Waals surface area contributed by atoms with E-state index in [1.165, 1.54) is 0 Å². The van der Waals surface area contributed by atoms with Gasteiger partial charge in [-0.1, -0.05) is 0 Å². The molecule has 0 spiro atoms. The van der Waals surface area contributed by atoms with Crippen LogP contribution < -0.4 is 0 Å². The van der Waals surface area contributed by atoms with E-state index in [1.807, 2.05) is 6.07 Å². The Morgan fingerprint density at radius 1 is 1.35 bits per heavy atom. The third kappa shape index (κ3) is 2.24. The van der Waals surface area contributed by atoms with Crippen LogP contribution in [0.4, 0.5) is 0 Å². The summed E-state index contributed by atoms with van der Waals surface area (Å²) in [6, 6.07) is 5.35. The zero-order valence-corrected chi connectivity index (χ0v) is 11.3. The van der Waals surface area contributed by atoms with Crippen LogP contribution in [0.5, 0.6) is 0 Å². The lowest BCUT2D eigenvalue weighted by Crippen LogP contribution is -2.38. The van der Waals surface area contributed by atoms with Gasteiger partial charge in [-0.15, -0.1) is 0 Å². The highest BCUT2D eigenvalue weighted by atomic mass is 16.2. The van der Waals surface area contributed by atoms with Gasteiger partial charge in [0, 0.05) is 25.7 Å². The first-order valence-corrected chi connectivity index (χ1v) is 6.61. The molecule has 0 radical (unpaired) electrons. The molecule has 3 rings (SSSR count). The second kappa shape index (κ2) is 4.96. The number of benzene rings is 1. The minimum absolute atomic E-state index is 0.0153. The van der Waals surface area contributed by atoms with Crippen LogP contribution in [0.1, 0.15) is 16.8 Å². The quantitative estimate of drug-likeness (QED) is 0.837. The maximum absolute atomic E-state index is 12.5. The third-order valence-corrected chi connectivity index (χ3v) is 3.63. The topological polar surface area (TPSA) is 69.3 Å². The van der Waals surface area contributed by atoms with Crippen LogP contribution in [0, 0.1) is 0 Å². The van der Waals surface area contributed by atoms with Gasteiger partial charge in [-0.25, -0.2) is 4.98 Å². The van der Waals surface area contributed by atoms with Crippen molar-refractivity contribution in [2.24, 2.45) is 0 Å². The van der Waals surface area contributed by atoms with E-state index in [9.17, 15) is 9.59 Å². The number of aromatic nitrogens is 2. The maximum Gasteiger partial charge on any atom is 0.254 e. The number of fused-ring (bicyclic) bond motifs is 1. The summed E-state index contributed by atoms with van der Waals surface area (Å²) >= 11 is 0. The monoisotopic (exact) mass is 272 g/mol. The first-order chi connectivity index (χ1) is 9.65. The number of likely N-dealkylation sites (N-methyl/N-ethyl adjacent to an activating group) is 1. The van der Waals surface area contributed by atoms with Crippen LogP contribution in [0.3, 0.4) is 0 Å². The minimum Gasteiger partial charge on any atom is -0.345 e. The van der Waals surface area contributed by atoms with E-state index < -0.39 is 0 Å². The number of nitrogens with zero attached hydrogens (tertiary/aromatic N) is 3. The Morgan fingerprint density at radius 2 is 2.20 bits per heavy atom. The van der Waals surface area contributed by atoms with E-state index in [2.05, 4.69) is 9.97 Å². The number of rotatable bonds is 1. The molecule has 104 valence electrons. The van der Waals surface area contributed by atoms with Crippen LogP contribution in [0.2, 0.25) is 0 Å². The summed E-state index contributed by atoms with van der Waals surface area (Å²) in [5.41, 5.74) is 2.24. The Balaban J connectivity index is 1.85. The SMILES string of the molecule is CN1CCCN(C(=O)c2ccc3nc[nH]c3c2)CC1=O. The number of imidazole rings is 1. The largest absolute Gasteiger partial charge is 0.345 e. The van der Waals surface area contributed by atoms with E-state index in [1.54, 1.807) is 35.3 Å². The van der Waals surface area contributed by atoms with Crippen molar-refractivity contribution in [3.8, 4) is 0 Å². The van der Waals surface area contributed by atoms with E-state index >= 15 is 0 Å². The summed E-state index contributed by atoms with van der Waals surface area (Å²) in [5, 5.41) is 0. The fraction of sp³-hybridized carbons (Fsp3) is 0.357. The average molecular weight is 272 g/mol. The molecule has 1 fully saturated rings.